The molecule has 0 amide bonds. The Morgan fingerprint density at radius 1 is 1.05 bits per heavy atom. The fourth-order valence-electron chi connectivity index (χ4n) is 3.58. The van der Waals surface area contributed by atoms with Crippen molar-refractivity contribution in [2.75, 3.05) is 6.61 Å². The molecule has 0 spiro atoms. The Morgan fingerprint density at radius 3 is 2.62 bits per heavy atom. The first kappa shape index (κ1) is 12.9. The first-order valence-corrected chi connectivity index (χ1v) is 7.86. The highest BCUT2D eigenvalue weighted by molar-refractivity contribution is 5.43. The van der Waals surface area contributed by atoms with E-state index in [2.05, 4.69) is 48.5 Å². The summed E-state index contributed by atoms with van der Waals surface area (Å²) in [7, 11) is 0. The molecule has 21 heavy (non-hydrogen) atoms. The largest absolute Gasteiger partial charge is 0.493 e. The standard InChI is InChI=1S/C19H21NO/c20-18(19(10-11-19)16-6-2-1-3-7-16)15-8-9-17-14(13-15)5-4-12-21-17/h1-3,6-9,13,18H,4-5,10-12,20H2. The molecule has 2 nitrogen and oxygen atoms in total. The van der Waals surface area contributed by atoms with Crippen molar-refractivity contribution in [2.45, 2.75) is 37.1 Å². The van der Waals surface area contributed by atoms with Crippen LogP contribution in [0, 0.1) is 0 Å². The summed E-state index contributed by atoms with van der Waals surface area (Å²) in [6.07, 6.45) is 4.58. The van der Waals surface area contributed by atoms with Gasteiger partial charge in [-0.1, -0.05) is 42.5 Å². The molecule has 0 radical (unpaired) electrons. The van der Waals surface area contributed by atoms with Gasteiger partial charge < -0.3 is 10.5 Å². The van der Waals surface area contributed by atoms with Crippen molar-refractivity contribution in [3.8, 4) is 5.75 Å². The molecule has 2 aromatic rings. The van der Waals surface area contributed by atoms with Crippen molar-refractivity contribution in [2.24, 2.45) is 5.73 Å². The molecule has 1 aliphatic carbocycles. The second-order valence-corrected chi connectivity index (χ2v) is 6.32. The van der Waals surface area contributed by atoms with Crippen LogP contribution in [0.4, 0.5) is 0 Å². The normalized spacial score (nSPS) is 20.2. The number of hydrogen-bond acceptors (Lipinski definition) is 2. The fraction of sp³-hybridized carbons (Fsp3) is 0.368. The molecule has 0 aromatic heterocycles. The van der Waals surface area contributed by atoms with Gasteiger partial charge in [-0.05, 0) is 48.4 Å². The van der Waals surface area contributed by atoms with Crippen LogP contribution in [0.25, 0.3) is 0 Å². The summed E-state index contributed by atoms with van der Waals surface area (Å²) in [6.45, 7) is 0.840. The second kappa shape index (κ2) is 4.88. The lowest BCUT2D eigenvalue weighted by atomic mass is 9.83. The average molecular weight is 279 g/mol. The Kier molecular flexibility index (Phi) is 3.00. The third-order valence-corrected chi connectivity index (χ3v) is 5.02. The zero-order chi connectivity index (χ0) is 14.3. The van der Waals surface area contributed by atoms with E-state index in [0.717, 1.165) is 25.2 Å². The Hall–Kier alpha value is -1.80. The van der Waals surface area contributed by atoms with Crippen LogP contribution in [0.1, 0.15) is 42.0 Å². The molecule has 1 saturated carbocycles. The molecular formula is C19H21NO. The quantitative estimate of drug-likeness (QED) is 0.929. The number of benzene rings is 2. The molecule has 1 heterocycles. The minimum Gasteiger partial charge on any atom is -0.493 e. The Bertz CT molecular complexity index is 646. The van der Waals surface area contributed by atoms with E-state index in [1.54, 1.807) is 0 Å². The van der Waals surface area contributed by atoms with Gasteiger partial charge in [-0.25, -0.2) is 0 Å². The van der Waals surface area contributed by atoms with Crippen LogP contribution in [0.3, 0.4) is 0 Å². The predicted molar refractivity (Wildman–Crippen MR) is 84.5 cm³/mol. The van der Waals surface area contributed by atoms with Crippen molar-refractivity contribution in [1.29, 1.82) is 0 Å². The van der Waals surface area contributed by atoms with E-state index < -0.39 is 0 Å². The van der Waals surface area contributed by atoms with Gasteiger partial charge in [-0.2, -0.15) is 0 Å². The second-order valence-electron chi connectivity index (χ2n) is 6.32. The van der Waals surface area contributed by atoms with Gasteiger partial charge in [0.1, 0.15) is 5.75 Å². The minimum absolute atomic E-state index is 0.0760. The van der Waals surface area contributed by atoms with Crippen LogP contribution in [0.5, 0.6) is 5.75 Å². The van der Waals surface area contributed by atoms with Gasteiger partial charge in [0.05, 0.1) is 6.61 Å². The van der Waals surface area contributed by atoms with Crippen molar-refractivity contribution in [1.82, 2.24) is 0 Å². The molecule has 2 N–H and O–H groups in total. The number of hydrogen-bond donors (Lipinski definition) is 1. The summed E-state index contributed by atoms with van der Waals surface area (Å²) >= 11 is 0. The van der Waals surface area contributed by atoms with Crippen LogP contribution < -0.4 is 10.5 Å². The third-order valence-electron chi connectivity index (χ3n) is 5.02. The molecule has 0 bridgehead atoms. The summed E-state index contributed by atoms with van der Waals surface area (Å²) in [5, 5.41) is 0. The number of aryl methyl sites for hydroxylation is 1. The first-order valence-electron chi connectivity index (χ1n) is 7.86. The van der Waals surface area contributed by atoms with Gasteiger partial charge >= 0.3 is 0 Å². The lowest BCUT2D eigenvalue weighted by molar-refractivity contribution is 0.288. The van der Waals surface area contributed by atoms with Crippen molar-refractivity contribution < 1.29 is 4.74 Å². The van der Waals surface area contributed by atoms with Crippen molar-refractivity contribution in [3.05, 3.63) is 65.2 Å². The summed E-state index contributed by atoms with van der Waals surface area (Å²) in [5.41, 5.74) is 10.8. The molecule has 2 aliphatic rings. The van der Waals surface area contributed by atoms with Gasteiger partial charge in [0.25, 0.3) is 0 Å². The molecule has 1 unspecified atom stereocenters. The van der Waals surface area contributed by atoms with Crippen LogP contribution >= 0.6 is 0 Å². The molecular weight excluding hydrogens is 258 g/mol. The maximum atomic E-state index is 6.66. The van der Waals surface area contributed by atoms with Crippen molar-refractivity contribution >= 4 is 0 Å². The van der Waals surface area contributed by atoms with E-state index in [0.29, 0.717) is 0 Å². The highest BCUT2D eigenvalue weighted by Crippen LogP contribution is 2.55. The summed E-state index contributed by atoms with van der Waals surface area (Å²) < 4.78 is 5.70. The highest BCUT2D eigenvalue weighted by atomic mass is 16.5. The van der Waals surface area contributed by atoms with Gasteiger partial charge in [0, 0.05) is 11.5 Å². The first-order chi connectivity index (χ1) is 10.3. The maximum Gasteiger partial charge on any atom is 0.122 e. The van der Waals surface area contributed by atoms with Gasteiger partial charge in [0.2, 0.25) is 0 Å². The van der Waals surface area contributed by atoms with E-state index in [1.807, 2.05) is 0 Å². The highest BCUT2D eigenvalue weighted by Gasteiger charge is 2.49. The van der Waals surface area contributed by atoms with Gasteiger partial charge in [0.15, 0.2) is 0 Å². The molecule has 4 rings (SSSR count). The summed E-state index contributed by atoms with van der Waals surface area (Å²) in [5.74, 6) is 1.04. The predicted octanol–water partition coefficient (Wildman–Crippen LogP) is 3.74. The van der Waals surface area contributed by atoms with E-state index in [-0.39, 0.29) is 11.5 Å². The number of rotatable bonds is 3. The van der Waals surface area contributed by atoms with E-state index in [9.17, 15) is 0 Å². The van der Waals surface area contributed by atoms with E-state index in [1.165, 1.54) is 29.5 Å². The van der Waals surface area contributed by atoms with Crippen LogP contribution in [0.15, 0.2) is 48.5 Å². The number of ether oxygens (including phenoxy) is 1. The number of nitrogens with two attached hydrogens (primary N) is 1. The van der Waals surface area contributed by atoms with Crippen molar-refractivity contribution in [3.63, 3.8) is 0 Å². The molecule has 1 fully saturated rings. The smallest absolute Gasteiger partial charge is 0.122 e. The Labute approximate surface area is 125 Å². The fourth-order valence-corrected chi connectivity index (χ4v) is 3.58. The van der Waals surface area contributed by atoms with E-state index in [4.69, 9.17) is 10.5 Å². The number of fused-ring (bicyclic) bond motifs is 1. The molecule has 0 saturated heterocycles. The Morgan fingerprint density at radius 2 is 1.86 bits per heavy atom. The van der Waals surface area contributed by atoms with E-state index >= 15 is 0 Å². The van der Waals surface area contributed by atoms with Gasteiger partial charge in [-0.15, -0.1) is 0 Å². The SMILES string of the molecule is NC(c1ccc2c(c1)CCCO2)C1(c2ccccc2)CC1. The van der Waals surface area contributed by atoms with Crippen LogP contribution in [0.2, 0.25) is 0 Å². The lowest BCUT2D eigenvalue weighted by Gasteiger charge is -2.26. The zero-order valence-corrected chi connectivity index (χ0v) is 12.2. The summed E-state index contributed by atoms with van der Waals surface area (Å²) in [6, 6.07) is 17.3. The topological polar surface area (TPSA) is 35.2 Å². The molecule has 1 aliphatic heterocycles. The van der Waals surface area contributed by atoms with Crippen LogP contribution in [-0.4, -0.2) is 6.61 Å². The molecule has 2 aromatic carbocycles. The average Bonchev–Trinajstić information content (AvgIpc) is 3.36. The monoisotopic (exact) mass is 279 g/mol. The zero-order valence-electron chi connectivity index (χ0n) is 12.2. The van der Waals surface area contributed by atoms with Crippen LogP contribution in [-0.2, 0) is 11.8 Å². The molecule has 1 atom stereocenters. The molecule has 2 heteroatoms. The Balaban J connectivity index is 1.67. The van der Waals surface area contributed by atoms with Gasteiger partial charge in [-0.3, -0.25) is 0 Å². The third kappa shape index (κ3) is 2.14. The molecule has 108 valence electrons. The minimum atomic E-state index is 0.0760. The summed E-state index contributed by atoms with van der Waals surface area (Å²) in [4.78, 5) is 0. The maximum absolute atomic E-state index is 6.66. The lowest BCUT2D eigenvalue weighted by Crippen LogP contribution is -2.26.